The Hall–Kier alpha value is -1.08. The first-order chi connectivity index (χ1) is 5.72. The van der Waals surface area contributed by atoms with Crippen LogP contribution in [0.2, 0.25) is 0 Å². The first-order valence-electron chi connectivity index (χ1n) is 3.41. The van der Waals surface area contributed by atoms with Gasteiger partial charge in [0.05, 0.1) is 13.2 Å². The van der Waals surface area contributed by atoms with Crippen LogP contribution in [0.5, 0.6) is 0 Å². The van der Waals surface area contributed by atoms with Gasteiger partial charge in [0.25, 0.3) is 0 Å². The molecule has 0 spiro atoms. The molecule has 0 amide bonds. The fourth-order valence-electron chi connectivity index (χ4n) is 1.15. The minimum atomic E-state index is -0.511. The first kappa shape index (κ1) is 7.56. The largest absolute Gasteiger partial charge is 0.421 e. The molecule has 1 N–H and O–H groups in total. The molecular weight excluding hydrogens is 182 g/mol. The molecule has 6 nitrogen and oxygen atoms in total. The first-order valence-corrected chi connectivity index (χ1v) is 3.82. The third-order valence-electron chi connectivity index (χ3n) is 1.76. The predicted molar refractivity (Wildman–Crippen MR) is 40.7 cm³/mol. The lowest BCUT2D eigenvalue weighted by atomic mass is 10.7. The van der Waals surface area contributed by atoms with Crippen LogP contribution in [0.4, 0.5) is 0 Å². The second-order valence-electron chi connectivity index (χ2n) is 2.44. The zero-order valence-electron chi connectivity index (χ0n) is 6.13. The Kier molecular flexibility index (Phi) is 1.55. The highest BCUT2D eigenvalue weighted by molar-refractivity contribution is 7.71. The van der Waals surface area contributed by atoms with Crippen LogP contribution in [0.1, 0.15) is 0 Å². The zero-order valence-corrected chi connectivity index (χ0v) is 6.95. The van der Waals surface area contributed by atoms with Crippen LogP contribution in [0.25, 0.3) is 0 Å². The quantitative estimate of drug-likeness (QED) is 0.437. The smallest absolute Gasteiger partial charge is 0.378 e. The zero-order chi connectivity index (χ0) is 8.72. The van der Waals surface area contributed by atoms with Crippen LogP contribution in [0.3, 0.4) is 0 Å². The average Bonchev–Trinajstić information content (AvgIpc) is 2.33. The Bertz CT molecular complexity index is 377. The second kappa shape index (κ2) is 2.46. The van der Waals surface area contributed by atoms with Gasteiger partial charge in [0.1, 0.15) is 6.73 Å². The van der Waals surface area contributed by atoms with E-state index in [0.29, 0.717) is 17.9 Å². The highest BCUT2D eigenvalue weighted by Crippen LogP contribution is 1.98. The summed E-state index contributed by atoms with van der Waals surface area (Å²) >= 11 is 4.78. The summed E-state index contributed by atoms with van der Waals surface area (Å²) in [6.45, 7) is 1.12. The molecule has 0 radical (unpaired) electrons. The van der Waals surface area contributed by atoms with Crippen LogP contribution < -0.4 is 5.69 Å². The molecule has 1 aromatic rings. The van der Waals surface area contributed by atoms with E-state index < -0.39 is 5.69 Å². The van der Waals surface area contributed by atoms with Crippen molar-refractivity contribution in [3.63, 3.8) is 0 Å². The van der Waals surface area contributed by atoms with E-state index >= 15 is 0 Å². The molecule has 1 aromatic heterocycles. The van der Waals surface area contributed by atoms with Crippen LogP contribution in [-0.2, 0) is 18.0 Å². The van der Waals surface area contributed by atoms with E-state index in [-0.39, 0.29) is 11.5 Å². The monoisotopic (exact) mass is 189 g/mol. The van der Waals surface area contributed by atoms with E-state index in [0.717, 1.165) is 0 Å². The molecule has 1 aliphatic rings. The van der Waals surface area contributed by atoms with Gasteiger partial charge in [-0.3, -0.25) is 0 Å². The summed E-state index contributed by atoms with van der Waals surface area (Å²) in [5.41, 5.74) is -0.511. The van der Waals surface area contributed by atoms with Gasteiger partial charge in [-0.15, -0.1) is 4.73 Å². The molecule has 66 valence electrons. The Morgan fingerprint density at radius 1 is 1.50 bits per heavy atom. The molecule has 0 bridgehead atoms. The lowest BCUT2D eigenvalue weighted by molar-refractivity contribution is 0.0132. The Labute approximate surface area is 72.1 Å². The van der Waals surface area contributed by atoms with Crippen molar-refractivity contribution in [2.24, 2.45) is 0 Å². The molecule has 0 saturated heterocycles. The van der Waals surface area contributed by atoms with Crippen molar-refractivity contribution in [2.75, 3.05) is 6.61 Å². The lowest BCUT2D eigenvalue weighted by Crippen LogP contribution is -2.32. The fourth-order valence-corrected chi connectivity index (χ4v) is 1.38. The molecule has 1 aliphatic heterocycles. The maximum atomic E-state index is 11.2. The molecule has 0 aliphatic carbocycles. The molecule has 12 heavy (non-hydrogen) atoms. The second-order valence-corrected chi connectivity index (χ2v) is 2.80. The molecule has 2 heterocycles. The van der Waals surface area contributed by atoms with Crippen molar-refractivity contribution in [1.29, 1.82) is 0 Å². The Morgan fingerprint density at radius 2 is 2.25 bits per heavy atom. The Balaban J connectivity index is 2.77. The van der Waals surface area contributed by atoms with Crippen molar-refractivity contribution in [1.82, 2.24) is 14.1 Å². The summed E-state index contributed by atoms with van der Waals surface area (Å²) in [6.07, 6.45) is 0. The molecule has 0 unspecified atom stereocenters. The minimum absolute atomic E-state index is 0.0692. The van der Waals surface area contributed by atoms with Crippen molar-refractivity contribution >= 4 is 12.2 Å². The molecule has 0 fully saturated rings. The highest BCUT2D eigenvalue weighted by Gasteiger charge is 2.15. The molecule has 0 atom stereocenters. The number of rotatable bonds is 0. The molecule has 0 aromatic carbocycles. The van der Waals surface area contributed by atoms with Gasteiger partial charge in [-0.1, -0.05) is 0 Å². The highest BCUT2D eigenvalue weighted by atomic mass is 32.1. The van der Waals surface area contributed by atoms with Crippen LogP contribution in [-0.4, -0.2) is 25.9 Å². The predicted octanol–water partition coefficient (Wildman–Crippen LogP) is -0.594. The van der Waals surface area contributed by atoms with Gasteiger partial charge in [-0.25, -0.2) is 14.2 Å². The number of nitrogens with zero attached hydrogens (tertiary/aromatic N) is 3. The summed E-state index contributed by atoms with van der Waals surface area (Å²) in [4.78, 5) is 11.2. The summed E-state index contributed by atoms with van der Waals surface area (Å²) in [7, 11) is 0. The number of ether oxygens (including phenoxy) is 1. The van der Waals surface area contributed by atoms with Crippen LogP contribution >= 0.6 is 12.2 Å². The topological polar surface area (TPSA) is 61.3 Å². The van der Waals surface area contributed by atoms with E-state index in [4.69, 9.17) is 22.2 Å². The third-order valence-corrected chi connectivity index (χ3v) is 2.14. The average molecular weight is 189 g/mol. The van der Waals surface area contributed by atoms with E-state index in [9.17, 15) is 4.79 Å². The van der Waals surface area contributed by atoms with Gasteiger partial charge in [0.15, 0.2) is 0 Å². The fraction of sp³-hybridized carbons (Fsp3) is 0.600. The molecule has 2 rings (SSSR count). The van der Waals surface area contributed by atoms with Crippen molar-refractivity contribution in [2.45, 2.75) is 13.3 Å². The molecular formula is C5H7N3O3S. The number of hydrogen-bond acceptors (Lipinski definition) is 4. The minimum Gasteiger partial charge on any atom is -0.421 e. The maximum absolute atomic E-state index is 11.2. The van der Waals surface area contributed by atoms with Gasteiger partial charge >= 0.3 is 5.69 Å². The molecule has 7 heteroatoms. The van der Waals surface area contributed by atoms with Gasteiger partial charge in [0.2, 0.25) is 4.77 Å². The van der Waals surface area contributed by atoms with Crippen molar-refractivity contribution in [3.8, 4) is 0 Å². The Morgan fingerprint density at radius 3 is 2.92 bits per heavy atom. The lowest BCUT2D eigenvalue weighted by Gasteiger charge is -2.15. The van der Waals surface area contributed by atoms with Crippen molar-refractivity contribution < 1.29 is 9.94 Å². The van der Waals surface area contributed by atoms with E-state index in [1.54, 1.807) is 0 Å². The normalized spacial score (nSPS) is 16.0. The number of fused-ring (bicyclic) bond motifs is 1. The van der Waals surface area contributed by atoms with Crippen molar-refractivity contribution in [3.05, 3.63) is 15.3 Å². The summed E-state index contributed by atoms with van der Waals surface area (Å²) in [5.74, 6) is 0. The van der Waals surface area contributed by atoms with Gasteiger partial charge < -0.3 is 9.94 Å². The third kappa shape index (κ3) is 0.833. The molecule has 0 saturated carbocycles. The van der Waals surface area contributed by atoms with Gasteiger partial charge in [-0.05, 0) is 12.2 Å². The van der Waals surface area contributed by atoms with Crippen LogP contribution in [0, 0.1) is 4.77 Å². The summed E-state index contributed by atoms with van der Waals surface area (Å²) in [6, 6.07) is 0. The van der Waals surface area contributed by atoms with Gasteiger partial charge in [-0.2, -0.15) is 0 Å². The van der Waals surface area contributed by atoms with Crippen LogP contribution in [0.15, 0.2) is 4.79 Å². The number of hydrogen-bond donors (Lipinski definition) is 1. The van der Waals surface area contributed by atoms with E-state index in [2.05, 4.69) is 0 Å². The van der Waals surface area contributed by atoms with E-state index in [1.165, 1.54) is 9.36 Å². The summed E-state index contributed by atoms with van der Waals surface area (Å²) in [5, 5.41) is 9.10. The van der Waals surface area contributed by atoms with Gasteiger partial charge in [0, 0.05) is 0 Å². The standard InChI is InChI=1S/C5H7N3O3S/c9-4-6-1-2-11-3-7(6)5(12)8(4)10/h10H,1-3H2. The van der Waals surface area contributed by atoms with E-state index in [1.807, 2.05) is 0 Å². The SMILES string of the molecule is O=c1n(O)c(=S)n2n1CCOC2. The number of aromatic nitrogens is 3. The maximum Gasteiger partial charge on any atom is 0.378 e. The summed E-state index contributed by atoms with van der Waals surface area (Å²) < 4.78 is 8.35.